The topological polar surface area (TPSA) is 12.0 Å². The second-order valence-corrected chi connectivity index (χ2v) is 6.35. The van der Waals surface area contributed by atoms with E-state index in [9.17, 15) is 0 Å². The second-order valence-electron chi connectivity index (χ2n) is 5.92. The molecule has 1 atom stereocenters. The Kier molecular flexibility index (Phi) is 4.62. The third-order valence-electron chi connectivity index (χ3n) is 4.21. The van der Waals surface area contributed by atoms with Crippen LogP contribution in [-0.4, -0.2) is 0 Å². The summed E-state index contributed by atoms with van der Waals surface area (Å²) < 4.78 is 0. The molecule has 0 radical (unpaired) electrons. The van der Waals surface area contributed by atoms with Gasteiger partial charge in [0.1, 0.15) is 0 Å². The molecular weight excluding hydrogens is 278 g/mol. The molecule has 0 heterocycles. The van der Waals surface area contributed by atoms with Crippen molar-refractivity contribution in [3.63, 3.8) is 0 Å². The van der Waals surface area contributed by atoms with Gasteiger partial charge >= 0.3 is 0 Å². The van der Waals surface area contributed by atoms with Crippen LogP contribution in [0.2, 0.25) is 5.02 Å². The number of hydrogen-bond acceptors (Lipinski definition) is 1. The molecule has 0 saturated heterocycles. The van der Waals surface area contributed by atoms with Gasteiger partial charge in [0.05, 0.1) is 0 Å². The third kappa shape index (κ3) is 3.87. The molecule has 1 N–H and O–H groups in total. The van der Waals surface area contributed by atoms with E-state index in [-0.39, 0.29) is 0 Å². The fourth-order valence-corrected chi connectivity index (χ4v) is 3.03. The van der Waals surface area contributed by atoms with Crippen LogP contribution in [-0.2, 0) is 6.54 Å². The van der Waals surface area contributed by atoms with Crippen LogP contribution in [0.1, 0.15) is 54.8 Å². The molecule has 1 saturated carbocycles. The minimum Gasteiger partial charge on any atom is -0.306 e. The SMILES string of the molecule is CCC(NCc1cccc(C2CC2)c1)c1cccc(Cl)c1. The van der Waals surface area contributed by atoms with Crippen molar-refractivity contribution in [3.8, 4) is 0 Å². The zero-order valence-corrected chi connectivity index (χ0v) is 13.2. The van der Waals surface area contributed by atoms with Crippen LogP contribution in [0.5, 0.6) is 0 Å². The summed E-state index contributed by atoms with van der Waals surface area (Å²) in [4.78, 5) is 0. The molecule has 110 valence electrons. The molecule has 1 unspecified atom stereocenters. The first-order chi connectivity index (χ1) is 10.3. The summed E-state index contributed by atoms with van der Waals surface area (Å²) in [5, 5.41) is 4.47. The molecule has 0 aliphatic heterocycles. The fourth-order valence-electron chi connectivity index (χ4n) is 2.84. The summed E-state index contributed by atoms with van der Waals surface area (Å²) in [6.45, 7) is 3.12. The Morgan fingerprint density at radius 1 is 1.14 bits per heavy atom. The maximum Gasteiger partial charge on any atom is 0.0409 e. The molecule has 2 aromatic rings. The first-order valence-corrected chi connectivity index (χ1v) is 8.21. The van der Waals surface area contributed by atoms with Crippen molar-refractivity contribution >= 4 is 11.6 Å². The van der Waals surface area contributed by atoms with E-state index in [1.165, 1.54) is 29.5 Å². The molecule has 1 fully saturated rings. The van der Waals surface area contributed by atoms with E-state index in [4.69, 9.17) is 11.6 Å². The molecule has 0 amide bonds. The highest BCUT2D eigenvalue weighted by molar-refractivity contribution is 6.30. The molecule has 1 aliphatic rings. The van der Waals surface area contributed by atoms with Gasteiger partial charge in [0, 0.05) is 17.6 Å². The Hall–Kier alpha value is -1.31. The summed E-state index contributed by atoms with van der Waals surface area (Å²) >= 11 is 6.10. The van der Waals surface area contributed by atoms with Crippen molar-refractivity contribution < 1.29 is 0 Å². The van der Waals surface area contributed by atoms with Crippen LogP contribution in [0.25, 0.3) is 0 Å². The van der Waals surface area contributed by atoms with E-state index in [0.29, 0.717) is 6.04 Å². The zero-order valence-electron chi connectivity index (χ0n) is 12.5. The van der Waals surface area contributed by atoms with Crippen LogP contribution >= 0.6 is 11.6 Å². The Morgan fingerprint density at radius 3 is 2.67 bits per heavy atom. The first-order valence-electron chi connectivity index (χ1n) is 7.84. The van der Waals surface area contributed by atoms with Gasteiger partial charge in [-0.1, -0.05) is 54.9 Å². The monoisotopic (exact) mass is 299 g/mol. The highest BCUT2D eigenvalue weighted by Crippen LogP contribution is 2.40. The van der Waals surface area contributed by atoms with Gasteiger partial charge in [0.25, 0.3) is 0 Å². The van der Waals surface area contributed by atoms with Gasteiger partial charge in [0.2, 0.25) is 0 Å². The lowest BCUT2D eigenvalue weighted by atomic mass is 10.0. The van der Waals surface area contributed by atoms with E-state index >= 15 is 0 Å². The normalized spacial score (nSPS) is 15.9. The Balaban J connectivity index is 1.66. The van der Waals surface area contributed by atoms with Crippen LogP contribution in [0.3, 0.4) is 0 Å². The van der Waals surface area contributed by atoms with Crippen LogP contribution in [0, 0.1) is 0 Å². The largest absolute Gasteiger partial charge is 0.306 e. The van der Waals surface area contributed by atoms with E-state index in [0.717, 1.165) is 23.9 Å². The van der Waals surface area contributed by atoms with Gasteiger partial charge in [-0.25, -0.2) is 0 Å². The highest BCUT2D eigenvalue weighted by Gasteiger charge is 2.23. The maximum atomic E-state index is 6.10. The smallest absolute Gasteiger partial charge is 0.0409 e. The molecule has 1 nitrogen and oxygen atoms in total. The van der Waals surface area contributed by atoms with Crippen molar-refractivity contribution in [1.29, 1.82) is 0 Å². The van der Waals surface area contributed by atoms with Gasteiger partial charge in [-0.2, -0.15) is 0 Å². The van der Waals surface area contributed by atoms with E-state index < -0.39 is 0 Å². The molecule has 0 bridgehead atoms. The fraction of sp³-hybridized carbons (Fsp3) is 0.368. The second kappa shape index (κ2) is 6.64. The third-order valence-corrected chi connectivity index (χ3v) is 4.45. The van der Waals surface area contributed by atoms with E-state index in [2.05, 4.69) is 48.6 Å². The van der Waals surface area contributed by atoms with Gasteiger partial charge in [-0.05, 0) is 54.0 Å². The van der Waals surface area contributed by atoms with Gasteiger partial charge in [-0.3, -0.25) is 0 Å². The first kappa shape index (κ1) is 14.6. The molecule has 1 aliphatic carbocycles. The summed E-state index contributed by atoms with van der Waals surface area (Å²) in [5.41, 5.74) is 4.15. The lowest BCUT2D eigenvalue weighted by Crippen LogP contribution is -2.20. The Labute approximate surface area is 132 Å². The van der Waals surface area contributed by atoms with Crippen LogP contribution in [0.4, 0.5) is 0 Å². The van der Waals surface area contributed by atoms with E-state index in [1.807, 2.05) is 12.1 Å². The predicted molar refractivity (Wildman–Crippen MR) is 89.7 cm³/mol. The standard InChI is InChI=1S/C19H22ClN/c1-2-19(17-7-4-8-18(20)12-17)21-13-14-5-3-6-16(11-14)15-9-10-15/h3-8,11-12,15,19,21H,2,9-10,13H2,1H3. The average Bonchev–Trinajstić information content (AvgIpc) is 3.33. The lowest BCUT2D eigenvalue weighted by molar-refractivity contribution is 0.519. The van der Waals surface area contributed by atoms with Crippen molar-refractivity contribution in [1.82, 2.24) is 5.32 Å². The summed E-state index contributed by atoms with van der Waals surface area (Å²) in [5.74, 6) is 0.819. The molecule has 0 aromatic heterocycles. The summed E-state index contributed by atoms with van der Waals surface area (Å²) in [6.07, 6.45) is 3.77. The molecular formula is C19H22ClN. The van der Waals surface area contributed by atoms with Crippen LogP contribution < -0.4 is 5.32 Å². The number of hydrogen-bond donors (Lipinski definition) is 1. The Morgan fingerprint density at radius 2 is 1.95 bits per heavy atom. The van der Waals surface area contributed by atoms with Gasteiger partial charge < -0.3 is 5.32 Å². The molecule has 2 heteroatoms. The molecule has 21 heavy (non-hydrogen) atoms. The van der Waals surface area contributed by atoms with Crippen LogP contribution in [0.15, 0.2) is 48.5 Å². The highest BCUT2D eigenvalue weighted by atomic mass is 35.5. The van der Waals surface area contributed by atoms with Crippen molar-refractivity contribution in [2.24, 2.45) is 0 Å². The average molecular weight is 300 g/mol. The van der Waals surface area contributed by atoms with Gasteiger partial charge in [-0.15, -0.1) is 0 Å². The summed E-state index contributed by atoms with van der Waals surface area (Å²) in [6, 6.07) is 17.5. The molecule has 2 aromatic carbocycles. The zero-order chi connectivity index (χ0) is 14.7. The molecule has 0 spiro atoms. The maximum absolute atomic E-state index is 6.10. The minimum absolute atomic E-state index is 0.355. The van der Waals surface area contributed by atoms with Crippen molar-refractivity contribution in [2.75, 3.05) is 0 Å². The Bertz CT molecular complexity index is 604. The number of nitrogens with one attached hydrogen (secondary N) is 1. The van der Waals surface area contributed by atoms with Crippen molar-refractivity contribution in [3.05, 3.63) is 70.2 Å². The van der Waals surface area contributed by atoms with Crippen molar-refractivity contribution in [2.45, 2.75) is 44.7 Å². The number of halogens is 1. The lowest BCUT2D eigenvalue weighted by Gasteiger charge is -2.18. The molecule has 3 rings (SSSR count). The predicted octanol–water partition coefficient (Wildman–Crippen LogP) is 5.46. The minimum atomic E-state index is 0.355. The quantitative estimate of drug-likeness (QED) is 0.747. The van der Waals surface area contributed by atoms with E-state index in [1.54, 1.807) is 0 Å². The van der Waals surface area contributed by atoms with Gasteiger partial charge in [0.15, 0.2) is 0 Å². The number of benzene rings is 2. The number of rotatable bonds is 6. The summed E-state index contributed by atoms with van der Waals surface area (Å²) in [7, 11) is 0.